The Morgan fingerprint density at radius 1 is 1.32 bits per heavy atom. The van der Waals surface area contributed by atoms with Crippen LogP contribution in [0.3, 0.4) is 0 Å². The van der Waals surface area contributed by atoms with Crippen LogP contribution in [0.1, 0.15) is 28.2 Å². The standard InChI is InChI=1S/C19H20FN3O4S/c1-11-16(28-18(22-11)12-4-6-14(20)7-5-12)19(26)27-10-15(24)23-8-2-3-13(9-23)17(21)25/h4-7,13H,2-3,8-10H2,1H3,(H2,21,25)/t13-/m0/s1. The maximum atomic E-state index is 13.1. The number of piperidine rings is 1. The molecular weight excluding hydrogens is 385 g/mol. The molecule has 0 saturated carbocycles. The first kappa shape index (κ1) is 19.9. The molecule has 0 spiro atoms. The van der Waals surface area contributed by atoms with Crippen molar-refractivity contribution in [2.45, 2.75) is 19.8 Å². The third-order valence-electron chi connectivity index (χ3n) is 4.58. The van der Waals surface area contributed by atoms with E-state index in [1.807, 2.05) is 0 Å². The smallest absolute Gasteiger partial charge is 0.350 e. The normalized spacial score (nSPS) is 16.6. The lowest BCUT2D eigenvalue weighted by Crippen LogP contribution is -2.45. The van der Waals surface area contributed by atoms with E-state index in [4.69, 9.17) is 10.5 Å². The van der Waals surface area contributed by atoms with Crippen molar-refractivity contribution in [2.75, 3.05) is 19.7 Å². The maximum Gasteiger partial charge on any atom is 0.350 e. The van der Waals surface area contributed by atoms with E-state index in [0.717, 1.165) is 11.3 Å². The third-order valence-corrected chi connectivity index (χ3v) is 5.76. The summed E-state index contributed by atoms with van der Waals surface area (Å²) in [5, 5.41) is 0.566. The Balaban J connectivity index is 1.61. The summed E-state index contributed by atoms with van der Waals surface area (Å²) in [4.78, 5) is 42.1. The molecule has 0 bridgehead atoms. The van der Waals surface area contributed by atoms with Crippen LogP contribution in [0.2, 0.25) is 0 Å². The summed E-state index contributed by atoms with van der Waals surface area (Å²) in [6.45, 7) is 2.02. The predicted octanol–water partition coefficient (Wildman–Crippen LogP) is 2.14. The van der Waals surface area contributed by atoms with E-state index in [0.29, 0.717) is 40.5 Å². The first-order valence-electron chi connectivity index (χ1n) is 8.82. The van der Waals surface area contributed by atoms with E-state index in [-0.39, 0.29) is 24.2 Å². The van der Waals surface area contributed by atoms with Gasteiger partial charge in [0.25, 0.3) is 5.91 Å². The molecule has 1 atom stereocenters. The molecule has 2 aromatic rings. The molecule has 1 aliphatic rings. The minimum Gasteiger partial charge on any atom is -0.451 e. The van der Waals surface area contributed by atoms with Gasteiger partial charge >= 0.3 is 5.97 Å². The Morgan fingerprint density at radius 3 is 2.71 bits per heavy atom. The first-order valence-corrected chi connectivity index (χ1v) is 9.64. The monoisotopic (exact) mass is 405 g/mol. The van der Waals surface area contributed by atoms with Crippen LogP contribution in [0.4, 0.5) is 4.39 Å². The van der Waals surface area contributed by atoms with Gasteiger partial charge in [-0.1, -0.05) is 0 Å². The van der Waals surface area contributed by atoms with Gasteiger partial charge in [0.15, 0.2) is 6.61 Å². The summed E-state index contributed by atoms with van der Waals surface area (Å²) >= 11 is 1.12. The van der Waals surface area contributed by atoms with Gasteiger partial charge in [-0.25, -0.2) is 14.2 Å². The van der Waals surface area contributed by atoms with Gasteiger partial charge in [-0.15, -0.1) is 11.3 Å². The Kier molecular flexibility index (Phi) is 6.03. The van der Waals surface area contributed by atoms with Gasteiger partial charge in [-0.2, -0.15) is 0 Å². The van der Waals surface area contributed by atoms with E-state index in [2.05, 4.69) is 4.98 Å². The van der Waals surface area contributed by atoms with Crippen LogP contribution < -0.4 is 5.73 Å². The van der Waals surface area contributed by atoms with Gasteiger partial charge in [0.2, 0.25) is 5.91 Å². The molecule has 2 N–H and O–H groups in total. The highest BCUT2D eigenvalue weighted by Crippen LogP contribution is 2.28. The highest BCUT2D eigenvalue weighted by Gasteiger charge is 2.28. The zero-order valence-corrected chi connectivity index (χ0v) is 16.1. The number of hydrogen-bond acceptors (Lipinski definition) is 6. The summed E-state index contributed by atoms with van der Waals surface area (Å²) in [6.07, 6.45) is 1.34. The highest BCUT2D eigenvalue weighted by atomic mass is 32.1. The number of benzene rings is 1. The van der Waals surface area contributed by atoms with Crippen molar-refractivity contribution in [3.8, 4) is 10.6 Å². The first-order chi connectivity index (χ1) is 13.3. The molecule has 1 saturated heterocycles. The Bertz CT molecular complexity index is 897. The number of esters is 1. The Labute approximate surface area is 165 Å². The average Bonchev–Trinajstić information content (AvgIpc) is 3.08. The lowest BCUT2D eigenvalue weighted by molar-refractivity contribution is -0.137. The second kappa shape index (κ2) is 8.47. The van der Waals surface area contributed by atoms with Crippen LogP contribution in [0.15, 0.2) is 24.3 Å². The molecular formula is C19H20FN3O4S. The molecule has 7 nitrogen and oxygen atoms in total. The second-order valence-corrected chi connectivity index (χ2v) is 7.60. The quantitative estimate of drug-likeness (QED) is 0.768. The Morgan fingerprint density at radius 2 is 2.04 bits per heavy atom. The number of primary amides is 1. The number of thiazole rings is 1. The molecule has 9 heteroatoms. The average molecular weight is 405 g/mol. The molecule has 1 fully saturated rings. The number of nitrogens with zero attached hydrogens (tertiary/aromatic N) is 2. The molecule has 2 heterocycles. The summed E-state index contributed by atoms with van der Waals surface area (Å²) in [5.74, 6) is -2.15. The number of halogens is 1. The van der Waals surface area contributed by atoms with E-state index in [1.54, 1.807) is 19.1 Å². The second-order valence-electron chi connectivity index (χ2n) is 6.60. The fourth-order valence-electron chi connectivity index (χ4n) is 3.02. The van der Waals surface area contributed by atoms with Crippen LogP contribution >= 0.6 is 11.3 Å². The minimum atomic E-state index is -0.639. The van der Waals surface area contributed by atoms with E-state index >= 15 is 0 Å². The highest BCUT2D eigenvalue weighted by molar-refractivity contribution is 7.17. The van der Waals surface area contributed by atoms with Crippen molar-refractivity contribution in [2.24, 2.45) is 11.7 Å². The van der Waals surface area contributed by atoms with Crippen molar-refractivity contribution >= 4 is 29.1 Å². The van der Waals surface area contributed by atoms with Crippen molar-refractivity contribution in [3.63, 3.8) is 0 Å². The zero-order valence-electron chi connectivity index (χ0n) is 15.3. The molecule has 1 aromatic heterocycles. The molecule has 1 aromatic carbocycles. The molecule has 0 aliphatic carbocycles. The number of amides is 2. The predicted molar refractivity (Wildman–Crippen MR) is 101 cm³/mol. The van der Waals surface area contributed by atoms with Gasteiger partial charge in [0.1, 0.15) is 15.7 Å². The number of carbonyl (C=O) groups excluding carboxylic acids is 3. The number of aryl methyl sites for hydroxylation is 1. The lowest BCUT2D eigenvalue weighted by atomic mass is 9.97. The van der Waals surface area contributed by atoms with Gasteiger partial charge in [0.05, 0.1) is 11.6 Å². The lowest BCUT2D eigenvalue weighted by Gasteiger charge is -2.30. The molecule has 3 rings (SSSR count). The number of hydrogen-bond donors (Lipinski definition) is 1. The van der Waals surface area contributed by atoms with Crippen molar-refractivity contribution < 1.29 is 23.5 Å². The fraction of sp³-hybridized carbons (Fsp3) is 0.368. The summed E-state index contributed by atoms with van der Waals surface area (Å²) in [7, 11) is 0. The largest absolute Gasteiger partial charge is 0.451 e. The van der Waals surface area contributed by atoms with E-state index in [9.17, 15) is 18.8 Å². The van der Waals surface area contributed by atoms with Crippen LogP contribution in [-0.4, -0.2) is 47.4 Å². The maximum absolute atomic E-state index is 13.1. The summed E-state index contributed by atoms with van der Waals surface area (Å²) < 4.78 is 18.2. The molecule has 148 valence electrons. The number of rotatable bonds is 5. The number of aromatic nitrogens is 1. The van der Waals surface area contributed by atoms with Crippen molar-refractivity contribution in [1.29, 1.82) is 0 Å². The van der Waals surface area contributed by atoms with Crippen LogP contribution in [0.25, 0.3) is 10.6 Å². The zero-order chi connectivity index (χ0) is 20.3. The van der Waals surface area contributed by atoms with Gasteiger partial charge < -0.3 is 15.4 Å². The van der Waals surface area contributed by atoms with E-state index in [1.165, 1.54) is 17.0 Å². The van der Waals surface area contributed by atoms with E-state index < -0.39 is 18.5 Å². The molecule has 28 heavy (non-hydrogen) atoms. The van der Waals surface area contributed by atoms with Crippen LogP contribution in [0.5, 0.6) is 0 Å². The number of ether oxygens (including phenoxy) is 1. The molecule has 0 unspecified atom stereocenters. The van der Waals surface area contributed by atoms with Crippen molar-refractivity contribution in [3.05, 3.63) is 40.7 Å². The van der Waals surface area contributed by atoms with Gasteiger partial charge in [-0.05, 0) is 44.0 Å². The third kappa shape index (κ3) is 4.53. The van der Waals surface area contributed by atoms with Crippen LogP contribution in [0, 0.1) is 18.7 Å². The Hall–Kier alpha value is -2.81. The minimum absolute atomic E-state index is 0.250. The van der Waals surface area contributed by atoms with Crippen molar-refractivity contribution in [1.82, 2.24) is 9.88 Å². The topological polar surface area (TPSA) is 103 Å². The number of likely N-dealkylation sites (tertiary alicyclic amines) is 1. The number of nitrogens with two attached hydrogens (primary N) is 1. The van der Waals surface area contributed by atoms with Gasteiger partial charge in [-0.3, -0.25) is 9.59 Å². The summed E-state index contributed by atoms with van der Waals surface area (Å²) in [5.41, 5.74) is 6.48. The molecule has 2 amide bonds. The number of carbonyl (C=O) groups is 3. The van der Waals surface area contributed by atoms with Gasteiger partial charge in [0, 0.05) is 18.7 Å². The molecule has 1 aliphatic heterocycles. The molecule has 0 radical (unpaired) electrons. The fourth-order valence-corrected chi connectivity index (χ4v) is 3.99. The SMILES string of the molecule is Cc1nc(-c2ccc(F)cc2)sc1C(=O)OCC(=O)N1CCC[C@H](C(N)=O)C1. The summed E-state index contributed by atoms with van der Waals surface area (Å²) in [6, 6.07) is 5.80. The van der Waals surface area contributed by atoms with Crippen LogP contribution in [-0.2, 0) is 14.3 Å².